The second-order valence-corrected chi connectivity index (χ2v) is 3.42. The number of hydrogen-bond donors (Lipinski definition) is 0. The van der Waals surface area contributed by atoms with Crippen LogP contribution in [-0.2, 0) is 6.18 Å². The number of aromatic nitrogens is 1. The van der Waals surface area contributed by atoms with Gasteiger partial charge in [-0.3, -0.25) is 0 Å². The second kappa shape index (κ2) is 6.15. The lowest BCUT2D eigenvalue weighted by atomic mass is 10.2. The van der Waals surface area contributed by atoms with Gasteiger partial charge in [0.05, 0.1) is 5.56 Å². The first-order valence-electron chi connectivity index (χ1n) is 4.67. The van der Waals surface area contributed by atoms with Crippen LogP contribution < -0.4 is 0 Å². The molecule has 18 heavy (non-hydrogen) atoms. The fourth-order valence-electron chi connectivity index (χ4n) is 1.03. The van der Waals surface area contributed by atoms with Gasteiger partial charge in [0.25, 0.3) is 0 Å². The highest BCUT2D eigenvalue weighted by Gasteiger charge is 2.34. The van der Waals surface area contributed by atoms with E-state index in [0.29, 0.717) is 0 Å². The monoisotopic (exact) mass is 274 g/mol. The molecule has 0 spiro atoms. The molecule has 0 aliphatic rings. The van der Waals surface area contributed by atoms with E-state index >= 15 is 0 Å². The molecule has 1 rings (SSSR count). The van der Waals surface area contributed by atoms with Crippen molar-refractivity contribution in [3.8, 4) is 11.8 Å². The van der Waals surface area contributed by atoms with Gasteiger partial charge in [-0.05, 0) is 11.6 Å². The Morgan fingerprint density at radius 1 is 1.50 bits per heavy atom. The Labute approximate surface area is 105 Å². The zero-order chi connectivity index (χ0) is 13.6. The number of pyridine rings is 1. The third kappa shape index (κ3) is 4.17. The van der Waals surface area contributed by atoms with E-state index < -0.39 is 16.9 Å². The molecular weight excluding hydrogens is 269 g/mol. The molecule has 0 aliphatic carbocycles. The van der Waals surface area contributed by atoms with E-state index in [1.54, 1.807) is 0 Å². The van der Waals surface area contributed by atoms with Gasteiger partial charge in [0, 0.05) is 29.6 Å². The Balaban J connectivity index is 2.89. The molecule has 0 bridgehead atoms. The first kappa shape index (κ1) is 14.2. The zero-order valence-corrected chi connectivity index (χ0v) is 9.63. The normalized spacial score (nSPS) is 10.2. The van der Waals surface area contributed by atoms with E-state index in [-0.39, 0.29) is 18.5 Å². The molecule has 0 fully saturated rings. The first-order chi connectivity index (χ1) is 8.45. The molecule has 1 heterocycles. The minimum absolute atomic E-state index is 0.104. The van der Waals surface area contributed by atoms with E-state index in [4.69, 9.17) is 17.1 Å². The topological polar surface area (TPSA) is 61.7 Å². The number of alkyl halides is 3. The van der Waals surface area contributed by atoms with Gasteiger partial charge < -0.3 is 0 Å². The summed E-state index contributed by atoms with van der Waals surface area (Å²) in [6.45, 7) is 0.163. The van der Waals surface area contributed by atoms with Gasteiger partial charge >= 0.3 is 6.18 Å². The van der Waals surface area contributed by atoms with Crippen molar-refractivity contribution in [2.75, 3.05) is 6.54 Å². The van der Waals surface area contributed by atoms with E-state index in [1.807, 2.05) is 0 Å². The number of rotatable bonds is 2. The summed E-state index contributed by atoms with van der Waals surface area (Å²) >= 11 is 5.35. The molecule has 0 saturated heterocycles. The van der Waals surface area contributed by atoms with Gasteiger partial charge in [0.15, 0.2) is 0 Å². The van der Waals surface area contributed by atoms with Crippen molar-refractivity contribution in [3.63, 3.8) is 0 Å². The Bertz CT molecular complexity index is 538. The predicted octanol–water partition coefficient (Wildman–Crippen LogP) is 3.81. The van der Waals surface area contributed by atoms with Gasteiger partial charge in [-0.15, -0.1) is 0 Å². The summed E-state index contributed by atoms with van der Waals surface area (Å²) in [4.78, 5) is 5.94. The van der Waals surface area contributed by atoms with Gasteiger partial charge in [-0.2, -0.15) is 13.2 Å². The number of azide groups is 1. The van der Waals surface area contributed by atoms with Crippen molar-refractivity contribution in [2.24, 2.45) is 5.11 Å². The smallest absolute Gasteiger partial charge is 0.243 e. The van der Waals surface area contributed by atoms with Gasteiger partial charge in [-0.1, -0.05) is 28.6 Å². The highest BCUT2D eigenvalue weighted by molar-refractivity contribution is 6.30. The van der Waals surface area contributed by atoms with Crippen LogP contribution in [0.5, 0.6) is 0 Å². The molecular formula is C10H6ClF3N4. The summed E-state index contributed by atoms with van der Waals surface area (Å²) < 4.78 is 37.5. The Hall–Kier alpha value is -1.90. The van der Waals surface area contributed by atoms with Crippen LogP contribution in [-0.4, -0.2) is 11.5 Å². The van der Waals surface area contributed by atoms with Crippen LogP contribution in [0, 0.1) is 11.8 Å². The maximum Gasteiger partial charge on any atom is 0.419 e. The Morgan fingerprint density at radius 3 is 2.83 bits per heavy atom. The van der Waals surface area contributed by atoms with Crippen LogP contribution in [0.3, 0.4) is 0 Å². The van der Waals surface area contributed by atoms with Crippen molar-refractivity contribution >= 4 is 11.6 Å². The first-order valence-corrected chi connectivity index (χ1v) is 5.05. The van der Waals surface area contributed by atoms with Crippen LogP contribution in [0.15, 0.2) is 17.4 Å². The molecule has 94 valence electrons. The van der Waals surface area contributed by atoms with Crippen LogP contribution in [0.1, 0.15) is 17.5 Å². The van der Waals surface area contributed by atoms with E-state index in [0.717, 1.165) is 12.3 Å². The highest BCUT2D eigenvalue weighted by atomic mass is 35.5. The summed E-state index contributed by atoms with van der Waals surface area (Å²) in [5.74, 6) is 5.06. The third-order valence-corrected chi connectivity index (χ3v) is 2.08. The molecule has 0 N–H and O–H groups in total. The lowest BCUT2D eigenvalue weighted by molar-refractivity contribution is -0.137. The lowest BCUT2D eigenvalue weighted by Gasteiger charge is -2.07. The van der Waals surface area contributed by atoms with E-state index in [2.05, 4.69) is 26.9 Å². The van der Waals surface area contributed by atoms with E-state index in [1.165, 1.54) is 0 Å². The fraction of sp³-hybridized carbons (Fsp3) is 0.300. The van der Waals surface area contributed by atoms with Crippen molar-refractivity contribution in [1.29, 1.82) is 0 Å². The molecule has 4 nitrogen and oxygen atoms in total. The van der Waals surface area contributed by atoms with Crippen molar-refractivity contribution in [3.05, 3.63) is 39.0 Å². The molecule has 0 aromatic carbocycles. The summed E-state index contributed by atoms with van der Waals surface area (Å²) in [5, 5.41) is 2.63. The van der Waals surface area contributed by atoms with Crippen molar-refractivity contribution in [1.82, 2.24) is 4.98 Å². The average Bonchev–Trinajstić information content (AvgIpc) is 2.29. The van der Waals surface area contributed by atoms with Crippen molar-refractivity contribution < 1.29 is 13.2 Å². The SMILES string of the molecule is [N-]=[N+]=NCCC#Cc1cnc(Cl)c(C(F)(F)F)c1. The molecule has 8 heteroatoms. The highest BCUT2D eigenvalue weighted by Crippen LogP contribution is 2.33. The summed E-state index contributed by atoms with van der Waals surface area (Å²) in [7, 11) is 0. The summed E-state index contributed by atoms with van der Waals surface area (Å²) in [6.07, 6.45) is -3.15. The Kier molecular flexibility index (Phi) is 4.84. The minimum Gasteiger partial charge on any atom is -0.243 e. The van der Waals surface area contributed by atoms with Crippen LogP contribution >= 0.6 is 11.6 Å². The quantitative estimate of drug-likeness (QED) is 0.202. The summed E-state index contributed by atoms with van der Waals surface area (Å²) in [6, 6.07) is 0.829. The second-order valence-electron chi connectivity index (χ2n) is 3.07. The zero-order valence-electron chi connectivity index (χ0n) is 8.87. The molecule has 0 radical (unpaired) electrons. The predicted molar refractivity (Wildman–Crippen MR) is 59.8 cm³/mol. The fourth-order valence-corrected chi connectivity index (χ4v) is 1.24. The van der Waals surface area contributed by atoms with Gasteiger partial charge in [0.2, 0.25) is 0 Å². The maximum atomic E-state index is 12.5. The van der Waals surface area contributed by atoms with Crippen LogP contribution in [0.25, 0.3) is 10.4 Å². The largest absolute Gasteiger partial charge is 0.419 e. The third-order valence-electron chi connectivity index (χ3n) is 1.78. The molecule has 0 unspecified atom stereocenters. The maximum absolute atomic E-state index is 12.5. The van der Waals surface area contributed by atoms with Gasteiger partial charge in [-0.25, -0.2) is 4.98 Å². The minimum atomic E-state index is -4.56. The van der Waals surface area contributed by atoms with Crippen LogP contribution in [0.4, 0.5) is 13.2 Å². The van der Waals surface area contributed by atoms with E-state index in [9.17, 15) is 13.2 Å². The standard InChI is InChI=1S/C10H6ClF3N4/c11-9-8(10(12,13)14)5-7(6-16-9)3-1-2-4-17-18-15/h5-6H,2,4H2. The molecule has 1 aromatic rings. The number of hydrogen-bond acceptors (Lipinski definition) is 2. The molecule has 1 aromatic heterocycles. The van der Waals surface area contributed by atoms with Crippen LogP contribution in [0.2, 0.25) is 5.15 Å². The lowest BCUT2D eigenvalue weighted by Crippen LogP contribution is -2.07. The molecule has 0 amide bonds. The summed E-state index contributed by atoms with van der Waals surface area (Å²) in [5.41, 5.74) is 7.08. The average molecular weight is 275 g/mol. The molecule has 0 atom stereocenters. The Morgan fingerprint density at radius 2 is 2.22 bits per heavy atom. The molecule has 0 saturated carbocycles. The molecule has 0 aliphatic heterocycles. The van der Waals surface area contributed by atoms with Crippen molar-refractivity contribution in [2.45, 2.75) is 12.6 Å². The number of halogens is 4. The van der Waals surface area contributed by atoms with Gasteiger partial charge in [0.1, 0.15) is 5.15 Å². The number of nitrogens with zero attached hydrogens (tertiary/aromatic N) is 4.